The van der Waals surface area contributed by atoms with Crippen LogP contribution in [0.1, 0.15) is 36.1 Å². The second kappa shape index (κ2) is 11.3. The second-order valence-corrected chi connectivity index (χ2v) is 8.67. The minimum atomic E-state index is 0.988. The minimum absolute atomic E-state index is 0.988. The average molecular weight is 443 g/mol. The minimum Gasteiger partial charge on any atom is -0.0991 e. The lowest BCUT2D eigenvalue weighted by Gasteiger charge is -2.08. The highest BCUT2D eigenvalue weighted by atomic mass is 14.1. The number of allylic oxidation sites excluding steroid dienone is 9. The fourth-order valence-electron chi connectivity index (χ4n) is 4.08. The van der Waals surface area contributed by atoms with Crippen LogP contribution in [0.15, 0.2) is 109 Å². The molecule has 0 bridgehead atoms. The first-order valence-electron chi connectivity index (χ1n) is 11.6. The molecule has 0 N–H and O–H groups in total. The summed E-state index contributed by atoms with van der Waals surface area (Å²) in [5, 5.41) is 4.62. The van der Waals surface area contributed by atoms with Crippen molar-refractivity contribution in [2.24, 2.45) is 0 Å². The standard InChI is InChI=1S/C34H34/c1-8-9-10-13-24(2)25(3)16-18-30-20-22-32-23-21-31(29(7)34(32)28(30)6)19-17-27(5)33-15-12-11-14-26(33)4/h8-23H,1,3,7H2,2,4-6H3/b10-9-,18-16-,24-13+,27-17+,31-19-. The number of hydrogen-bond donors (Lipinski definition) is 0. The molecule has 0 aliphatic carbocycles. The predicted molar refractivity (Wildman–Crippen MR) is 154 cm³/mol. The Balaban J connectivity index is 2.00. The van der Waals surface area contributed by atoms with Gasteiger partial charge in [-0.15, -0.1) is 0 Å². The third-order valence-corrected chi connectivity index (χ3v) is 6.28. The van der Waals surface area contributed by atoms with Crippen molar-refractivity contribution in [2.75, 3.05) is 0 Å². The zero-order valence-electron chi connectivity index (χ0n) is 20.9. The van der Waals surface area contributed by atoms with E-state index < -0.39 is 0 Å². The summed E-state index contributed by atoms with van der Waals surface area (Å²) in [6, 6.07) is 17.2. The van der Waals surface area contributed by atoms with Crippen molar-refractivity contribution in [3.63, 3.8) is 0 Å². The Kier molecular flexibility index (Phi) is 8.22. The second-order valence-electron chi connectivity index (χ2n) is 8.67. The lowest BCUT2D eigenvalue weighted by atomic mass is 9.96. The van der Waals surface area contributed by atoms with E-state index in [1.807, 2.05) is 18.2 Å². The molecule has 3 aromatic carbocycles. The molecule has 3 aromatic rings. The third-order valence-electron chi connectivity index (χ3n) is 6.28. The van der Waals surface area contributed by atoms with E-state index in [0.717, 1.165) is 21.6 Å². The largest absolute Gasteiger partial charge is 0.0991 e. The molecule has 0 nitrogen and oxygen atoms in total. The summed E-state index contributed by atoms with van der Waals surface area (Å²) in [6.45, 7) is 20.9. The normalized spacial score (nSPS) is 13.4. The van der Waals surface area contributed by atoms with Gasteiger partial charge in [0, 0.05) is 0 Å². The van der Waals surface area contributed by atoms with Crippen molar-refractivity contribution in [1.82, 2.24) is 0 Å². The van der Waals surface area contributed by atoms with E-state index >= 15 is 0 Å². The van der Waals surface area contributed by atoms with Crippen LogP contribution in [0.2, 0.25) is 0 Å². The molecule has 0 aromatic heterocycles. The highest BCUT2D eigenvalue weighted by Gasteiger charge is 2.04. The Hall–Kier alpha value is -3.90. The van der Waals surface area contributed by atoms with Gasteiger partial charge in [0.1, 0.15) is 0 Å². The Morgan fingerprint density at radius 3 is 2.35 bits per heavy atom. The van der Waals surface area contributed by atoms with Crippen molar-refractivity contribution >= 4 is 35.1 Å². The monoisotopic (exact) mass is 442 g/mol. The number of benzene rings is 3. The molecule has 0 radical (unpaired) electrons. The van der Waals surface area contributed by atoms with Crippen LogP contribution in [-0.4, -0.2) is 0 Å². The Labute approximate surface area is 204 Å². The molecule has 0 aliphatic heterocycles. The Morgan fingerprint density at radius 2 is 1.62 bits per heavy atom. The van der Waals surface area contributed by atoms with Gasteiger partial charge >= 0.3 is 0 Å². The summed E-state index contributed by atoms with van der Waals surface area (Å²) in [7, 11) is 0. The highest BCUT2D eigenvalue weighted by molar-refractivity contribution is 5.89. The van der Waals surface area contributed by atoms with Crippen molar-refractivity contribution in [3.8, 4) is 0 Å². The zero-order chi connectivity index (χ0) is 24.7. The van der Waals surface area contributed by atoms with E-state index in [0.29, 0.717) is 0 Å². The zero-order valence-corrected chi connectivity index (χ0v) is 20.9. The van der Waals surface area contributed by atoms with Crippen LogP contribution in [0.4, 0.5) is 0 Å². The van der Waals surface area contributed by atoms with Crippen molar-refractivity contribution in [2.45, 2.75) is 27.7 Å². The predicted octanol–water partition coefficient (Wildman–Crippen LogP) is 8.01. The molecule has 0 amide bonds. The van der Waals surface area contributed by atoms with E-state index in [4.69, 9.17) is 0 Å². The Bertz CT molecular complexity index is 1470. The van der Waals surface area contributed by atoms with Gasteiger partial charge < -0.3 is 0 Å². The molecule has 0 atom stereocenters. The molecule has 170 valence electrons. The molecule has 0 heterocycles. The van der Waals surface area contributed by atoms with Gasteiger partial charge in [-0.1, -0.05) is 117 Å². The summed E-state index contributed by atoms with van der Waals surface area (Å²) < 4.78 is 0. The molecule has 0 spiro atoms. The highest BCUT2D eigenvalue weighted by Crippen LogP contribution is 2.21. The van der Waals surface area contributed by atoms with Gasteiger partial charge in [0.2, 0.25) is 0 Å². The number of aryl methyl sites for hydroxylation is 2. The van der Waals surface area contributed by atoms with E-state index in [9.17, 15) is 0 Å². The van der Waals surface area contributed by atoms with Crippen LogP contribution in [0.3, 0.4) is 0 Å². The number of fused-ring (bicyclic) bond motifs is 1. The molecular weight excluding hydrogens is 408 g/mol. The van der Waals surface area contributed by atoms with Gasteiger partial charge in [-0.05, 0) is 87.9 Å². The maximum Gasteiger partial charge on any atom is -0.00761 e. The summed E-state index contributed by atoms with van der Waals surface area (Å²) in [4.78, 5) is 0. The molecule has 0 aliphatic rings. The maximum absolute atomic E-state index is 4.46. The molecule has 3 rings (SSSR count). The fraction of sp³-hybridized carbons (Fsp3) is 0.118. The molecular formula is C34H34. The van der Waals surface area contributed by atoms with Crippen LogP contribution >= 0.6 is 0 Å². The lowest BCUT2D eigenvalue weighted by molar-refractivity contribution is 1.41. The average Bonchev–Trinajstić information content (AvgIpc) is 2.83. The van der Waals surface area contributed by atoms with Gasteiger partial charge in [-0.25, -0.2) is 0 Å². The summed E-state index contributed by atoms with van der Waals surface area (Å²) in [6.07, 6.45) is 16.3. The first kappa shape index (κ1) is 24.7. The summed E-state index contributed by atoms with van der Waals surface area (Å²) in [5.41, 5.74) is 8.33. The van der Waals surface area contributed by atoms with E-state index in [1.165, 1.54) is 38.6 Å². The maximum atomic E-state index is 4.46. The molecule has 0 fully saturated rings. The van der Waals surface area contributed by atoms with E-state index in [-0.39, 0.29) is 0 Å². The summed E-state index contributed by atoms with van der Waals surface area (Å²) in [5.74, 6) is 0. The van der Waals surface area contributed by atoms with Gasteiger partial charge in [-0.3, -0.25) is 0 Å². The van der Waals surface area contributed by atoms with Gasteiger partial charge in [0.25, 0.3) is 0 Å². The van der Waals surface area contributed by atoms with Crippen molar-refractivity contribution < 1.29 is 0 Å². The van der Waals surface area contributed by atoms with E-state index in [1.54, 1.807) is 6.08 Å². The first-order chi connectivity index (χ1) is 16.3. The SMILES string of the molecule is C=C/C=C\C=C(/C)C(=C)/C=C\c1ccc2cc/c(=C/C=C(\C)c3ccccc3C)c(=C)c2c1C. The number of rotatable bonds is 7. The lowest BCUT2D eigenvalue weighted by Crippen LogP contribution is -2.24. The fourth-order valence-corrected chi connectivity index (χ4v) is 4.08. The molecule has 0 saturated heterocycles. The smallest absolute Gasteiger partial charge is 0.00761 e. The van der Waals surface area contributed by atoms with Gasteiger partial charge in [0.15, 0.2) is 0 Å². The molecule has 34 heavy (non-hydrogen) atoms. The van der Waals surface area contributed by atoms with Crippen molar-refractivity contribution in [3.05, 3.63) is 142 Å². The Morgan fingerprint density at radius 1 is 0.882 bits per heavy atom. The van der Waals surface area contributed by atoms with Crippen LogP contribution in [0.5, 0.6) is 0 Å². The van der Waals surface area contributed by atoms with Gasteiger partial charge in [-0.2, -0.15) is 0 Å². The number of hydrogen-bond acceptors (Lipinski definition) is 0. The molecule has 0 saturated carbocycles. The van der Waals surface area contributed by atoms with Gasteiger partial charge in [0.05, 0.1) is 0 Å². The quantitative estimate of drug-likeness (QED) is 0.325. The van der Waals surface area contributed by atoms with Crippen LogP contribution in [-0.2, 0) is 0 Å². The molecule has 0 unspecified atom stereocenters. The van der Waals surface area contributed by atoms with Crippen molar-refractivity contribution in [1.29, 1.82) is 0 Å². The molecule has 0 heteroatoms. The van der Waals surface area contributed by atoms with Crippen LogP contribution in [0, 0.1) is 13.8 Å². The van der Waals surface area contributed by atoms with Crippen LogP contribution < -0.4 is 10.4 Å². The van der Waals surface area contributed by atoms with E-state index in [2.05, 4.69) is 120 Å². The van der Waals surface area contributed by atoms with Crippen LogP contribution in [0.25, 0.3) is 35.1 Å². The summed E-state index contributed by atoms with van der Waals surface area (Å²) >= 11 is 0. The first-order valence-corrected chi connectivity index (χ1v) is 11.6. The topological polar surface area (TPSA) is 0 Å². The third kappa shape index (κ3) is 5.71.